The van der Waals surface area contributed by atoms with Crippen molar-refractivity contribution in [3.05, 3.63) is 46.8 Å². The second kappa shape index (κ2) is 10.7. The SMILES string of the molecule is COC(=O)CCC(C(N)=O)N1Cc2c(OCc3cc(CN4CCOCC4)on3)cccc2C1=O. The summed E-state index contributed by atoms with van der Waals surface area (Å²) in [6.07, 6.45) is 0.0648. The quantitative estimate of drug-likeness (QED) is 0.499. The van der Waals surface area contributed by atoms with E-state index in [4.69, 9.17) is 19.7 Å². The fourth-order valence-electron chi connectivity index (χ4n) is 4.15. The van der Waals surface area contributed by atoms with Crippen molar-refractivity contribution in [2.45, 2.75) is 38.6 Å². The highest BCUT2D eigenvalue weighted by Crippen LogP contribution is 2.33. The lowest BCUT2D eigenvalue weighted by Gasteiger charge is -2.25. The van der Waals surface area contributed by atoms with Crippen molar-refractivity contribution in [2.24, 2.45) is 5.73 Å². The van der Waals surface area contributed by atoms with E-state index in [1.54, 1.807) is 18.2 Å². The molecule has 1 fully saturated rings. The minimum absolute atomic E-state index is 0.0213. The molecule has 2 aliphatic heterocycles. The highest BCUT2D eigenvalue weighted by atomic mass is 16.5. The standard InChI is InChI=1S/C23H28N4O7/c1-31-21(28)6-5-19(22(24)29)27-13-18-17(23(27)30)3-2-4-20(18)33-14-15-11-16(34-25-15)12-26-7-9-32-10-8-26/h2-4,11,19H,5-10,12-14H2,1H3,(H2,24,29). The van der Waals surface area contributed by atoms with E-state index >= 15 is 0 Å². The number of hydrogen-bond donors (Lipinski definition) is 1. The third-order valence-corrected chi connectivity index (χ3v) is 5.97. The summed E-state index contributed by atoms with van der Waals surface area (Å²) in [5.41, 5.74) is 7.27. The van der Waals surface area contributed by atoms with Crippen molar-refractivity contribution in [1.82, 2.24) is 15.0 Å². The monoisotopic (exact) mass is 472 g/mol. The summed E-state index contributed by atoms with van der Waals surface area (Å²) in [7, 11) is 1.27. The van der Waals surface area contributed by atoms with Crippen LogP contribution in [0.15, 0.2) is 28.8 Å². The lowest BCUT2D eigenvalue weighted by atomic mass is 10.1. The number of primary amides is 1. The normalized spacial score (nSPS) is 16.9. The molecular weight excluding hydrogens is 444 g/mol. The van der Waals surface area contributed by atoms with Gasteiger partial charge in [-0.1, -0.05) is 11.2 Å². The van der Waals surface area contributed by atoms with E-state index in [1.165, 1.54) is 12.0 Å². The molecule has 4 rings (SSSR count). The lowest BCUT2D eigenvalue weighted by Crippen LogP contribution is -2.45. The van der Waals surface area contributed by atoms with E-state index in [-0.39, 0.29) is 31.9 Å². The molecule has 0 bridgehead atoms. The van der Waals surface area contributed by atoms with Crippen LogP contribution in [-0.2, 0) is 38.8 Å². The Morgan fingerprint density at radius 2 is 2.06 bits per heavy atom. The van der Waals surface area contributed by atoms with Crippen LogP contribution in [0.4, 0.5) is 0 Å². The fraction of sp³-hybridized carbons (Fsp3) is 0.478. The van der Waals surface area contributed by atoms with Crippen LogP contribution in [0.25, 0.3) is 0 Å². The van der Waals surface area contributed by atoms with Gasteiger partial charge in [0.25, 0.3) is 5.91 Å². The van der Waals surface area contributed by atoms with Crippen molar-refractivity contribution < 1.29 is 33.1 Å². The Hall–Kier alpha value is -3.44. The van der Waals surface area contributed by atoms with Crippen LogP contribution < -0.4 is 10.5 Å². The van der Waals surface area contributed by atoms with Gasteiger partial charge in [-0.05, 0) is 18.6 Å². The minimum atomic E-state index is -0.926. The van der Waals surface area contributed by atoms with Crippen molar-refractivity contribution >= 4 is 17.8 Å². The molecule has 0 aliphatic carbocycles. The average Bonchev–Trinajstić information content (AvgIpc) is 3.42. The summed E-state index contributed by atoms with van der Waals surface area (Å²) in [5.74, 6) is -0.219. The molecule has 2 N–H and O–H groups in total. The van der Waals surface area contributed by atoms with Gasteiger partial charge in [0, 0.05) is 36.7 Å². The van der Waals surface area contributed by atoms with Crippen LogP contribution in [-0.4, -0.2) is 72.2 Å². The number of methoxy groups -OCH3 is 1. The van der Waals surface area contributed by atoms with E-state index in [9.17, 15) is 14.4 Å². The molecule has 11 nitrogen and oxygen atoms in total. The number of morpholine rings is 1. The molecule has 1 atom stereocenters. The van der Waals surface area contributed by atoms with Gasteiger partial charge in [0.1, 0.15) is 24.1 Å². The third-order valence-electron chi connectivity index (χ3n) is 5.97. The Morgan fingerprint density at radius 3 is 2.79 bits per heavy atom. The molecule has 2 aromatic rings. The maximum atomic E-state index is 13.0. The summed E-state index contributed by atoms with van der Waals surface area (Å²) >= 11 is 0. The second-order valence-electron chi connectivity index (χ2n) is 8.21. The van der Waals surface area contributed by atoms with Crippen LogP contribution in [0.2, 0.25) is 0 Å². The van der Waals surface area contributed by atoms with E-state index in [1.807, 2.05) is 6.07 Å². The molecule has 0 radical (unpaired) electrons. The summed E-state index contributed by atoms with van der Waals surface area (Å²) in [4.78, 5) is 40.1. The van der Waals surface area contributed by atoms with Gasteiger partial charge in [-0.25, -0.2) is 0 Å². The molecule has 34 heavy (non-hydrogen) atoms. The molecule has 0 spiro atoms. The lowest BCUT2D eigenvalue weighted by molar-refractivity contribution is -0.141. The molecule has 2 amide bonds. The van der Waals surface area contributed by atoms with E-state index in [0.717, 1.165) is 18.8 Å². The molecule has 2 aliphatic rings. The summed E-state index contributed by atoms with van der Waals surface area (Å²) in [6.45, 7) is 4.08. The molecule has 1 saturated heterocycles. The smallest absolute Gasteiger partial charge is 0.305 e. The summed E-state index contributed by atoms with van der Waals surface area (Å²) in [6, 6.07) is 6.09. The van der Waals surface area contributed by atoms with Gasteiger partial charge >= 0.3 is 5.97 Å². The zero-order valence-electron chi connectivity index (χ0n) is 19.0. The van der Waals surface area contributed by atoms with Gasteiger partial charge in [-0.15, -0.1) is 0 Å². The van der Waals surface area contributed by atoms with Crippen molar-refractivity contribution in [3.8, 4) is 5.75 Å². The maximum absolute atomic E-state index is 13.0. The zero-order chi connectivity index (χ0) is 24.1. The van der Waals surface area contributed by atoms with Gasteiger partial charge in [0.15, 0.2) is 5.76 Å². The van der Waals surface area contributed by atoms with Gasteiger partial charge < -0.3 is 29.4 Å². The van der Waals surface area contributed by atoms with Gasteiger partial charge in [-0.2, -0.15) is 0 Å². The summed E-state index contributed by atoms with van der Waals surface area (Å²) < 4.78 is 21.4. The Labute approximate surface area is 196 Å². The molecule has 3 heterocycles. The maximum Gasteiger partial charge on any atom is 0.305 e. The predicted molar refractivity (Wildman–Crippen MR) is 117 cm³/mol. The number of nitrogens with zero attached hydrogens (tertiary/aromatic N) is 3. The van der Waals surface area contributed by atoms with Crippen LogP contribution >= 0.6 is 0 Å². The highest BCUT2D eigenvalue weighted by molar-refractivity contribution is 6.01. The number of aromatic nitrogens is 1. The number of esters is 1. The van der Waals surface area contributed by atoms with Crippen molar-refractivity contribution in [3.63, 3.8) is 0 Å². The van der Waals surface area contributed by atoms with Crippen molar-refractivity contribution in [2.75, 3.05) is 33.4 Å². The third kappa shape index (κ3) is 5.37. The van der Waals surface area contributed by atoms with Gasteiger partial charge in [0.2, 0.25) is 5.91 Å². The fourth-order valence-corrected chi connectivity index (χ4v) is 4.15. The number of ether oxygens (including phenoxy) is 3. The molecule has 0 saturated carbocycles. The first kappa shape index (κ1) is 23.7. The number of hydrogen-bond acceptors (Lipinski definition) is 9. The molecule has 1 aromatic carbocycles. The van der Waals surface area contributed by atoms with Crippen LogP contribution in [0.1, 0.15) is 40.2 Å². The molecule has 182 valence electrons. The number of amides is 2. The van der Waals surface area contributed by atoms with E-state index < -0.39 is 17.9 Å². The number of carbonyl (C=O) groups is 3. The van der Waals surface area contributed by atoms with Gasteiger partial charge in [-0.3, -0.25) is 19.3 Å². The Kier molecular flexibility index (Phi) is 7.43. The Bertz CT molecular complexity index is 1050. The number of fused-ring (bicyclic) bond motifs is 1. The zero-order valence-corrected chi connectivity index (χ0v) is 19.0. The van der Waals surface area contributed by atoms with Crippen LogP contribution in [0, 0.1) is 0 Å². The highest BCUT2D eigenvalue weighted by Gasteiger charge is 2.37. The largest absolute Gasteiger partial charge is 0.487 e. The summed E-state index contributed by atoms with van der Waals surface area (Å²) in [5, 5.41) is 4.08. The Balaban J connectivity index is 1.40. The Morgan fingerprint density at radius 1 is 1.26 bits per heavy atom. The number of rotatable bonds is 10. The molecular formula is C23H28N4O7. The van der Waals surface area contributed by atoms with E-state index in [2.05, 4.69) is 14.8 Å². The molecule has 11 heteroatoms. The molecule has 1 aromatic heterocycles. The number of benzene rings is 1. The van der Waals surface area contributed by atoms with Crippen molar-refractivity contribution in [1.29, 1.82) is 0 Å². The minimum Gasteiger partial charge on any atom is -0.487 e. The first-order valence-corrected chi connectivity index (χ1v) is 11.1. The van der Waals surface area contributed by atoms with Gasteiger partial charge in [0.05, 0.1) is 33.4 Å². The average molecular weight is 472 g/mol. The first-order valence-electron chi connectivity index (χ1n) is 11.1. The second-order valence-corrected chi connectivity index (χ2v) is 8.21. The first-order chi connectivity index (χ1) is 16.5. The van der Waals surface area contributed by atoms with Crippen LogP contribution in [0.3, 0.4) is 0 Å². The number of carbonyl (C=O) groups excluding carboxylic acids is 3. The number of nitrogens with two attached hydrogens (primary N) is 1. The van der Waals surface area contributed by atoms with Crippen LogP contribution in [0.5, 0.6) is 5.75 Å². The topological polar surface area (TPSA) is 137 Å². The van der Waals surface area contributed by atoms with E-state index in [0.29, 0.717) is 42.3 Å². The molecule has 1 unspecified atom stereocenters. The predicted octanol–water partition coefficient (Wildman–Crippen LogP) is 0.849.